The third-order valence-electron chi connectivity index (χ3n) is 2.83. The zero-order valence-electron chi connectivity index (χ0n) is 10.7. The molecule has 0 aliphatic carbocycles. The number of hydrogen-bond donors (Lipinski definition) is 2. The lowest BCUT2D eigenvalue weighted by Crippen LogP contribution is -2.26. The van der Waals surface area contributed by atoms with Crippen LogP contribution >= 0.6 is 11.6 Å². The van der Waals surface area contributed by atoms with Gasteiger partial charge in [-0.1, -0.05) is 23.7 Å². The maximum Gasteiger partial charge on any atom is 0.252 e. The molecule has 0 saturated carbocycles. The Morgan fingerprint density at radius 1 is 1.47 bits per heavy atom. The number of para-hydroxylation sites is 1. The molecule has 0 spiro atoms. The van der Waals surface area contributed by atoms with Gasteiger partial charge in [0.15, 0.2) is 0 Å². The van der Waals surface area contributed by atoms with Crippen LogP contribution in [0.25, 0.3) is 10.9 Å². The average Bonchev–Trinajstić information content (AvgIpc) is 2.39. The SMILES string of the molecule is Cc1cc(C(=O)NCCCN)c2cccc(Cl)c2n1. The molecule has 0 fully saturated rings. The van der Waals surface area contributed by atoms with Crippen molar-refractivity contribution in [3.8, 4) is 0 Å². The molecule has 0 aliphatic heterocycles. The largest absolute Gasteiger partial charge is 0.352 e. The summed E-state index contributed by atoms with van der Waals surface area (Å²) < 4.78 is 0. The molecule has 0 saturated heterocycles. The van der Waals surface area contributed by atoms with E-state index in [0.29, 0.717) is 29.2 Å². The van der Waals surface area contributed by atoms with Crippen molar-refractivity contribution in [2.45, 2.75) is 13.3 Å². The van der Waals surface area contributed by atoms with Gasteiger partial charge in [-0.3, -0.25) is 9.78 Å². The number of aromatic nitrogens is 1. The first-order valence-corrected chi connectivity index (χ1v) is 6.55. The van der Waals surface area contributed by atoms with E-state index < -0.39 is 0 Å². The predicted octanol–water partition coefficient (Wildman–Crippen LogP) is 2.28. The lowest BCUT2D eigenvalue weighted by Gasteiger charge is -2.09. The van der Waals surface area contributed by atoms with Gasteiger partial charge in [-0.15, -0.1) is 0 Å². The predicted molar refractivity (Wildman–Crippen MR) is 77.5 cm³/mol. The summed E-state index contributed by atoms with van der Waals surface area (Å²) in [6.45, 7) is 2.97. The zero-order valence-corrected chi connectivity index (χ0v) is 11.5. The van der Waals surface area contributed by atoms with Gasteiger partial charge in [0.25, 0.3) is 5.91 Å². The third kappa shape index (κ3) is 3.03. The molecule has 0 atom stereocenters. The number of rotatable bonds is 4. The number of hydrogen-bond acceptors (Lipinski definition) is 3. The molecule has 1 amide bonds. The van der Waals surface area contributed by atoms with Gasteiger partial charge < -0.3 is 11.1 Å². The van der Waals surface area contributed by atoms with Crippen molar-refractivity contribution in [3.63, 3.8) is 0 Å². The van der Waals surface area contributed by atoms with E-state index in [1.165, 1.54) is 0 Å². The molecule has 1 heterocycles. The Morgan fingerprint density at radius 2 is 2.26 bits per heavy atom. The number of carbonyl (C=O) groups excluding carboxylic acids is 1. The van der Waals surface area contributed by atoms with E-state index in [2.05, 4.69) is 10.3 Å². The molecule has 1 aromatic heterocycles. The smallest absolute Gasteiger partial charge is 0.252 e. The van der Waals surface area contributed by atoms with Gasteiger partial charge in [0.05, 0.1) is 16.1 Å². The summed E-state index contributed by atoms with van der Waals surface area (Å²) in [6.07, 6.45) is 0.758. The van der Waals surface area contributed by atoms with Crippen molar-refractivity contribution in [1.82, 2.24) is 10.3 Å². The van der Waals surface area contributed by atoms with Gasteiger partial charge in [0.1, 0.15) is 0 Å². The third-order valence-corrected chi connectivity index (χ3v) is 3.13. The second kappa shape index (κ2) is 5.99. The number of carbonyl (C=O) groups is 1. The summed E-state index contributed by atoms with van der Waals surface area (Å²) in [5, 5.41) is 4.17. The Balaban J connectivity index is 2.42. The Hall–Kier alpha value is -1.65. The van der Waals surface area contributed by atoms with Gasteiger partial charge >= 0.3 is 0 Å². The van der Waals surface area contributed by atoms with Gasteiger partial charge in [-0.2, -0.15) is 0 Å². The van der Waals surface area contributed by atoms with Crippen molar-refractivity contribution in [2.75, 3.05) is 13.1 Å². The Labute approximate surface area is 117 Å². The highest BCUT2D eigenvalue weighted by molar-refractivity contribution is 6.35. The monoisotopic (exact) mass is 277 g/mol. The van der Waals surface area contributed by atoms with Crippen LogP contribution in [-0.2, 0) is 0 Å². The first kappa shape index (κ1) is 13.8. The Kier molecular flexibility index (Phi) is 4.35. The molecule has 0 bridgehead atoms. The average molecular weight is 278 g/mol. The highest BCUT2D eigenvalue weighted by Crippen LogP contribution is 2.25. The zero-order chi connectivity index (χ0) is 13.8. The molecule has 0 radical (unpaired) electrons. The van der Waals surface area contributed by atoms with E-state index in [-0.39, 0.29) is 5.91 Å². The van der Waals surface area contributed by atoms with Crippen LogP contribution in [0.1, 0.15) is 22.5 Å². The van der Waals surface area contributed by atoms with Crippen molar-refractivity contribution < 1.29 is 4.79 Å². The summed E-state index contributed by atoms with van der Waals surface area (Å²) >= 11 is 6.12. The highest BCUT2D eigenvalue weighted by Gasteiger charge is 2.12. The summed E-state index contributed by atoms with van der Waals surface area (Å²) in [4.78, 5) is 16.6. The lowest BCUT2D eigenvalue weighted by molar-refractivity contribution is 0.0955. The maximum atomic E-state index is 12.2. The molecule has 4 nitrogen and oxygen atoms in total. The van der Waals surface area contributed by atoms with Gasteiger partial charge in [0, 0.05) is 17.6 Å². The van der Waals surface area contributed by atoms with Crippen LogP contribution in [0.2, 0.25) is 5.02 Å². The molecule has 2 aromatic rings. The normalized spacial score (nSPS) is 10.7. The van der Waals surface area contributed by atoms with Crippen LogP contribution in [0.5, 0.6) is 0 Å². The van der Waals surface area contributed by atoms with Crippen molar-refractivity contribution >= 4 is 28.4 Å². The topological polar surface area (TPSA) is 68.0 Å². The number of fused-ring (bicyclic) bond motifs is 1. The van der Waals surface area contributed by atoms with Crippen LogP contribution in [-0.4, -0.2) is 24.0 Å². The van der Waals surface area contributed by atoms with Crippen LogP contribution < -0.4 is 11.1 Å². The molecule has 0 aliphatic rings. The number of aryl methyl sites for hydroxylation is 1. The second-order valence-electron chi connectivity index (χ2n) is 4.35. The fraction of sp³-hybridized carbons (Fsp3) is 0.286. The maximum absolute atomic E-state index is 12.2. The molecule has 3 N–H and O–H groups in total. The fourth-order valence-electron chi connectivity index (χ4n) is 1.93. The number of pyridine rings is 1. The Morgan fingerprint density at radius 3 is 3.00 bits per heavy atom. The fourth-order valence-corrected chi connectivity index (χ4v) is 2.15. The van der Waals surface area contributed by atoms with E-state index >= 15 is 0 Å². The summed E-state index contributed by atoms with van der Waals surface area (Å²) in [7, 11) is 0. The Bertz CT molecular complexity index is 613. The first-order chi connectivity index (χ1) is 9.13. The molecule has 5 heteroatoms. The molecule has 100 valence electrons. The summed E-state index contributed by atoms with van der Waals surface area (Å²) in [5.74, 6) is -0.119. The van der Waals surface area contributed by atoms with E-state index in [0.717, 1.165) is 17.5 Å². The van der Waals surface area contributed by atoms with Gasteiger partial charge in [0.2, 0.25) is 0 Å². The van der Waals surface area contributed by atoms with E-state index in [4.69, 9.17) is 17.3 Å². The minimum absolute atomic E-state index is 0.119. The van der Waals surface area contributed by atoms with E-state index in [1.807, 2.05) is 19.1 Å². The van der Waals surface area contributed by atoms with Gasteiger partial charge in [-0.25, -0.2) is 0 Å². The van der Waals surface area contributed by atoms with E-state index in [1.54, 1.807) is 12.1 Å². The van der Waals surface area contributed by atoms with Crippen molar-refractivity contribution in [1.29, 1.82) is 0 Å². The standard InChI is InChI=1S/C14H16ClN3O/c1-9-8-11(14(19)17-7-3-6-16)10-4-2-5-12(15)13(10)18-9/h2,4-5,8H,3,6-7,16H2,1H3,(H,17,19). The lowest BCUT2D eigenvalue weighted by atomic mass is 10.1. The van der Waals surface area contributed by atoms with Crippen molar-refractivity contribution in [3.05, 3.63) is 40.5 Å². The molecule has 19 heavy (non-hydrogen) atoms. The van der Waals surface area contributed by atoms with Crippen LogP contribution in [0.3, 0.4) is 0 Å². The van der Waals surface area contributed by atoms with Crippen LogP contribution in [0.4, 0.5) is 0 Å². The summed E-state index contributed by atoms with van der Waals surface area (Å²) in [6, 6.07) is 7.21. The minimum Gasteiger partial charge on any atom is -0.352 e. The number of nitrogens with two attached hydrogens (primary N) is 1. The first-order valence-electron chi connectivity index (χ1n) is 6.17. The van der Waals surface area contributed by atoms with Gasteiger partial charge in [-0.05, 0) is 32.0 Å². The molecule has 1 aromatic carbocycles. The molecule has 2 rings (SSSR count). The minimum atomic E-state index is -0.119. The summed E-state index contributed by atoms with van der Waals surface area (Å²) in [5.41, 5.74) is 7.44. The van der Waals surface area contributed by atoms with Crippen LogP contribution in [0, 0.1) is 6.92 Å². The quantitative estimate of drug-likeness (QED) is 0.843. The number of halogens is 1. The number of nitrogens with zero attached hydrogens (tertiary/aromatic N) is 1. The number of benzene rings is 1. The van der Waals surface area contributed by atoms with E-state index in [9.17, 15) is 4.79 Å². The van der Waals surface area contributed by atoms with Crippen molar-refractivity contribution in [2.24, 2.45) is 5.73 Å². The molecular weight excluding hydrogens is 262 g/mol. The number of nitrogens with one attached hydrogen (secondary N) is 1. The number of amides is 1. The molecule has 0 unspecified atom stereocenters. The highest BCUT2D eigenvalue weighted by atomic mass is 35.5. The molecular formula is C14H16ClN3O. The second-order valence-corrected chi connectivity index (χ2v) is 4.75. The van der Waals surface area contributed by atoms with Crippen LogP contribution in [0.15, 0.2) is 24.3 Å².